The van der Waals surface area contributed by atoms with Crippen LogP contribution in [0.4, 0.5) is 0 Å². The third-order valence-corrected chi connectivity index (χ3v) is 3.88. The van der Waals surface area contributed by atoms with Crippen LogP contribution in [-0.4, -0.2) is 38.4 Å². The SMILES string of the molecule is [3H]OCC(CO[3H])OC(=O)CCC/C=C\C/C=C\C/C=C\C/C=C\CCCCC. The Bertz CT molecular complexity index is 481. The smallest absolute Gasteiger partial charge is 0.306 e. The average Bonchev–Trinajstić information content (AvgIpc) is 2.70. The van der Waals surface area contributed by atoms with Crippen molar-refractivity contribution in [2.75, 3.05) is 13.2 Å². The van der Waals surface area contributed by atoms with E-state index in [2.05, 4.69) is 65.7 Å². The van der Waals surface area contributed by atoms with Gasteiger partial charge >= 0.3 is 5.97 Å². The van der Waals surface area contributed by atoms with Crippen molar-refractivity contribution >= 4 is 5.97 Å². The molecule has 4 heteroatoms. The first-order valence-electron chi connectivity index (χ1n) is 11.0. The van der Waals surface area contributed by atoms with Crippen molar-refractivity contribution < 1.29 is 19.7 Å². The van der Waals surface area contributed by atoms with Gasteiger partial charge < -0.3 is 15.0 Å². The van der Waals surface area contributed by atoms with E-state index in [9.17, 15) is 4.79 Å². The van der Waals surface area contributed by atoms with Crippen molar-refractivity contribution in [1.29, 1.82) is 2.86 Å². The Labute approximate surface area is 168 Å². The molecule has 0 fully saturated rings. The monoisotopic (exact) mass is 382 g/mol. The molecular weight excluding hydrogens is 340 g/mol. The van der Waals surface area contributed by atoms with Crippen LogP contribution in [0.2, 0.25) is 0 Å². The second kappa shape index (κ2) is 20.7. The Morgan fingerprint density at radius 1 is 0.852 bits per heavy atom. The molecule has 4 nitrogen and oxygen atoms in total. The Morgan fingerprint density at radius 2 is 1.37 bits per heavy atom. The van der Waals surface area contributed by atoms with Gasteiger partial charge in [0.1, 0.15) is 6.10 Å². The first-order valence-corrected chi connectivity index (χ1v) is 10.2. The van der Waals surface area contributed by atoms with Crippen molar-refractivity contribution in [2.24, 2.45) is 0 Å². The molecule has 0 spiro atoms. The maximum atomic E-state index is 11.7. The summed E-state index contributed by atoms with van der Waals surface area (Å²) in [5.74, 6) is -0.361. The van der Waals surface area contributed by atoms with Crippen molar-refractivity contribution in [1.82, 2.24) is 0 Å². The van der Waals surface area contributed by atoms with E-state index in [1.54, 1.807) is 0 Å². The van der Waals surface area contributed by atoms with Gasteiger partial charge in [0, 0.05) is 6.42 Å². The summed E-state index contributed by atoms with van der Waals surface area (Å²) in [6, 6.07) is 0. The minimum Gasteiger partial charge on any atom is -0.457 e. The lowest BCUT2D eigenvalue weighted by atomic mass is 10.2. The minimum atomic E-state index is -0.700. The molecular formula is C23H38O4. The number of hydrogen-bond donors (Lipinski definition) is 2. The molecule has 27 heavy (non-hydrogen) atoms. The number of allylic oxidation sites excluding steroid dienone is 8. The zero-order valence-electron chi connectivity index (χ0n) is 18.8. The second-order valence-corrected chi connectivity index (χ2v) is 6.43. The van der Waals surface area contributed by atoms with Crippen LogP contribution in [0.25, 0.3) is 0 Å². The van der Waals surface area contributed by atoms with E-state index in [1.807, 2.05) is 0 Å². The van der Waals surface area contributed by atoms with Crippen molar-refractivity contribution in [3.8, 4) is 0 Å². The molecule has 0 aliphatic rings. The fraction of sp³-hybridized carbons (Fsp3) is 0.609. The fourth-order valence-electron chi connectivity index (χ4n) is 2.29. The lowest BCUT2D eigenvalue weighted by molar-refractivity contribution is -0.153. The standard InChI is InChI=1S/C23H38O4/c1-2-3-4-5-6-7-8-9-10-11-12-13-14-15-16-17-18-19-23(26)27-22(20-24)21-25/h6-7,9-10,12-13,15-16,22,24-25H,2-5,8,11,14,17-21H2,1H3/b7-6-,10-9-,13-12-,16-15-/i24T,25T. The molecule has 0 rings (SSSR count). The minimum absolute atomic E-state index is 0.0954. The summed E-state index contributed by atoms with van der Waals surface area (Å²) in [5.41, 5.74) is 0. The van der Waals surface area contributed by atoms with Crippen molar-refractivity contribution in [3.63, 3.8) is 0 Å². The first kappa shape index (κ1) is 21.6. The molecule has 0 saturated heterocycles. The Hall–Kier alpha value is -1.65. The maximum absolute atomic E-state index is 11.7. The third-order valence-electron chi connectivity index (χ3n) is 3.88. The number of carbonyl (C=O) groups is 1. The summed E-state index contributed by atoms with van der Waals surface area (Å²) in [7, 11) is 0. The number of unbranched alkanes of at least 4 members (excludes halogenated alkanes) is 4. The number of aliphatic hydroxyl groups is 2. The van der Waals surface area contributed by atoms with Crippen molar-refractivity contribution in [2.45, 2.75) is 77.2 Å². The topological polar surface area (TPSA) is 66.8 Å². The molecule has 0 aliphatic carbocycles. The lowest BCUT2D eigenvalue weighted by Crippen LogP contribution is -2.25. The molecule has 0 atom stereocenters. The van der Waals surface area contributed by atoms with Crippen LogP contribution >= 0.6 is 0 Å². The molecule has 0 bridgehead atoms. The van der Waals surface area contributed by atoms with E-state index >= 15 is 0 Å². The zero-order valence-corrected chi connectivity index (χ0v) is 16.8. The van der Waals surface area contributed by atoms with Gasteiger partial charge in [0.2, 0.25) is 2.86 Å². The highest BCUT2D eigenvalue weighted by Crippen LogP contribution is 2.03. The van der Waals surface area contributed by atoms with Crippen LogP contribution in [0, 0.1) is 0 Å². The summed E-state index contributed by atoms with van der Waals surface area (Å²) in [5, 5.41) is 8.36. The molecule has 0 heterocycles. The molecule has 0 aliphatic heterocycles. The number of esters is 1. The molecule has 0 aromatic rings. The van der Waals surface area contributed by atoms with Crippen LogP contribution in [0.5, 0.6) is 0 Å². The number of carbonyl (C=O) groups excluding carboxylic acids is 1. The zero-order chi connectivity index (χ0) is 21.4. The van der Waals surface area contributed by atoms with Gasteiger partial charge in [-0.1, -0.05) is 68.4 Å². The molecule has 0 amide bonds. The maximum Gasteiger partial charge on any atom is 0.306 e. The van der Waals surface area contributed by atoms with E-state index in [4.69, 9.17) is 7.60 Å². The second-order valence-electron chi connectivity index (χ2n) is 6.43. The normalized spacial score (nSPS) is 13.4. The van der Waals surface area contributed by atoms with Gasteiger partial charge in [-0.25, -0.2) is 0 Å². The van der Waals surface area contributed by atoms with E-state index in [-0.39, 0.29) is 19.2 Å². The average molecular weight is 383 g/mol. The van der Waals surface area contributed by atoms with Gasteiger partial charge in [0.15, 0.2) is 0 Å². The van der Waals surface area contributed by atoms with Gasteiger partial charge in [0.05, 0.1) is 13.2 Å². The van der Waals surface area contributed by atoms with Gasteiger partial charge in [-0.05, 0) is 44.9 Å². The highest BCUT2D eigenvalue weighted by Gasteiger charge is 2.11. The Kier molecular flexibility index (Phi) is 16.6. The number of aliphatic hydroxyl groups excluding tert-OH is 2. The van der Waals surface area contributed by atoms with Gasteiger partial charge in [-0.2, -0.15) is 0 Å². The molecule has 0 aromatic carbocycles. The van der Waals surface area contributed by atoms with Gasteiger partial charge in [0.25, 0.3) is 0 Å². The van der Waals surface area contributed by atoms with Crippen LogP contribution in [-0.2, 0) is 9.53 Å². The van der Waals surface area contributed by atoms with Crippen LogP contribution in [0.15, 0.2) is 48.6 Å². The Morgan fingerprint density at radius 3 is 1.89 bits per heavy atom. The first-order chi connectivity index (χ1) is 14.2. The van der Waals surface area contributed by atoms with Crippen LogP contribution < -0.4 is 0 Å². The summed E-state index contributed by atoms with van der Waals surface area (Å²) in [4.78, 5) is 11.7. The van der Waals surface area contributed by atoms with Crippen molar-refractivity contribution in [3.05, 3.63) is 48.6 Å². The molecule has 0 radical (unpaired) electrons. The largest absolute Gasteiger partial charge is 0.457 e. The summed E-state index contributed by atoms with van der Waals surface area (Å²) in [6.45, 7) is 2.03. The molecule has 2 N–H and O–H groups in total. The highest BCUT2D eigenvalue weighted by atomic mass is 16.6. The number of hydrogen-bond acceptors (Lipinski definition) is 4. The number of rotatable bonds is 19. The quantitative estimate of drug-likeness (QED) is 0.187. The van der Waals surface area contributed by atoms with Gasteiger partial charge in [-0.15, -0.1) is 0 Å². The molecule has 154 valence electrons. The molecule has 0 unspecified atom stereocenters. The highest BCUT2D eigenvalue weighted by molar-refractivity contribution is 5.69. The predicted octanol–water partition coefficient (Wildman–Crippen LogP) is 5.03. The molecule has 0 saturated carbocycles. The van der Waals surface area contributed by atoms with E-state index < -0.39 is 6.10 Å². The van der Waals surface area contributed by atoms with E-state index in [0.717, 1.165) is 25.7 Å². The van der Waals surface area contributed by atoms with Gasteiger partial charge in [-0.3, -0.25) is 4.79 Å². The third kappa shape index (κ3) is 18.9. The summed E-state index contributed by atoms with van der Waals surface area (Å²) < 4.78 is 18.4. The molecule has 0 aromatic heterocycles. The summed E-state index contributed by atoms with van der Waals surface area (Å²) >= 11 is 0. The summed E-state index contributed by atoms with van der Waals surface area (Å²) in [6.07, 6.45) is 26.4. The predicted molar refractivity (Wildman–Crippen MR) is 112 cm³/mol. The number of ether oxygens (including phenoxy) is 1. The van der Waals surface area contributed by atoms with Crippen LogP contribution in [0.1, 0.15) is 71.1 Å². The Balaban J connectivity index is 3.63. The lowest BCUT2D eigenvalue weighted by Gasteiger charge is -2.11. The van der Waals surface area contributed by atoms with E-state index in [1.165, 1.54) is 25.7 Å². The van der Waals surface area contributed by atoms with Crippen LogP contribution in [0.3, 0.4) is 0 Å². The van der Waals surface area contributed by atoms with E-state index in [0.29, 0.717) is 12.8 Å². The fourth-order valence-corrected chi connectivity index (χ4v) is 2.29.